The highest BCUT2D eigenvalue weighted by atomic mass is 32.2. The topological polar surface area (TPSA) is 55.4 Å². The van der Waals surface area contributed by atoms with Crippen LogP contribution in [0.4, 0.5) is 0 Å². The minimum Gasteiger partial charge on any atom is -0.462 e. The molecule has 0 aliphatic carbocycles. The Balaban J connectivity index is 0.000000265. The number of nitrogens with one attached hydrogen (secondary N) is 1. The molecule has 1 heterocycles. The van der Waals surface area contributed by atoms with Crippen LogP contribution in [0.5, 0.6) is 0 Å². The standard InChI is InChI=1S/C5H9NOS.C5H10O2/c1-4(7)8-5-2-6-3-5;1-5(2,3)7-4-6/h5-6H,2-3H2,1H3;4H,1-3H3. The van der Waals surface area contributed by atoms with Crippen LogP contribution in [0, 0.1) is 0 Å². The lowest BCUT2D eigenvalue weighted by molar-refractivity contribution is -0.138. The van der Waals surface area contributed by atoms with E-state index in [0.717, 1.165) is 13.1 Å². The summed E-state index contributed by atoms with van der Waals surface area (Å²) in [5.41, 5.74) is -0.318. The molecule has 0 bridgehead atoms. The number of hydrogen-bond acceptors (Lipinski definition) is 5. The minimum atomic E-state index is -0.318. The summed E-state index contributed by atoms with van der Waals surface area (Å²) in [6.45, 7) is 9.54. The lowest BCUT2D eigenvalue weighted by Gasteiger charge is -2.24. The van der Waals surface area contributed by atoms with Crippen molar-refractivity contribution in [1.29, 1.82) is 0 Å². The van der Waals surface area contributed by atoms with E-state index in [4.69, 9.17) is 0 Å². The molecule has 0 atom stereocenters. The summed E-state index contributed by atoms with van der Waals surface area (Å²) in [4.78, 5) is 20.0. The molecule has 1 rings (SSSR count). The van der Waals surface area contributed by atoms with Gasteiger partial charge >= 0.3 is 0 Å². The van der Waals surface area contributed by atoms with Gasteiger partial charge in [0.1, 0.15) is 5.60 Å². The highest BCUT2D eigenvalue weighted by Crippen LogP contribution is 2.14. The van der Waals surface area contributed by atoms with Crippen molar-refractivity contribution in [2.75, 3.05) is 13.1 Å². The molecule has 0 saturated carbocycles. The first kappa shape index (κ1) is 14.5. The second-order valence-electron chi connectivity index (χ2n) is 4.22. The third-order valence-electron chi connectivity index (χ3n) is 1.48. The molecule has 0 unspecified atom stereocenters. The van der Waals surface area contributed by atoms with Gasteiger partial charge in [0.2, 0.25) is 0 Å². The monoisotopic (exact) mass is 233 g/mol. The molecule has 0 aromatic heterocycles. The normalized spacial score (nSPS) is 15.7. The van der Waals surface area contributed by atoms with Gasteiger partial charge in [0.05, 0.1) is 0 Å². The van der Waals surface area contributed by atoms with Gasteiger partial charge in [0, 0.05) is 25.3 Å². The number of carbonyl (C=O) groups excluding carboxylic acids is 2. The molecule has 0 amide bonds. The van der Waals surface area contributed by atoms with Gasteiger partial charge in [-0.2, -0.15) is 0 Å². The molecule has 88 valence electrons. The number of rotatable bonds is 2. The average molecular weight is 233 g/mol. The van der Waals surface area contributed by atoms with Gasteiger partial charge < -0.3 is 10.1 Å². The van der Waals surface area contributed by atoms with Crippen molar-refractivity contribution in [2.45, 2.75) is 38.5 Å². The van der Waals surface area contributed by atoms with Crippen molar-refractivity contribution in [3.8, 4) is 0 Å². The van der Waals surface area contributed by atoms with E-state index >= 15 is 0 Å². The van der Waals surface area contributed by atoms with Crippen LogP contribution in [-0.2, 0) is 14.3 Å². The van der Waals surface area contributed by atoms with E-state index in [1.165, 1.54) is 11.8 Å². The quantitative estimate of drug-likeness (QED) is 0.726. The van der Waals surface area contributed by atoms with Crippen LogP contribution in [0.1, 0.15) is 27.7 Å². The van der Waals surface area contributed by atoms with Crippen molar-refractivity contribution < 1.29 is 14.3 Å². The second kappa shape index (κ2) is 6.85. The Kier molecular flexibility index (Phi) is 6.60. The molecule has 4 nitrogen and oxygen atoms in total. The molecule has 0 radical (unpaired) electrons. The Morgan fingerprint density at radius 3 is 2.07 bits per heavy atom. The SMILES string of the molecule is CC(=O)SC1CNC1.CC(C)(C)OC=O. The van der Waals surface area contributed by atoms with Gasteiger partial charge in [0.25, 0.3) is 6.47 Å². The summed E-state index contributed by atoms with van der Waals surface area (Å²) < 4.78 is 4.55. The van der Waals surface area contributed by atoms with Crippen LogP contribution in [0.3, 0.4) is 0 Å². The van der Waals surface area contributed by atoms with Crippen LogP contribution >= 0.6 is 11.8 Å². The first-order chi connectivity index (χ1) is 6.85. The van der Waals surface area contributed by atoms with Crippen molar-refractivity contribution in [3.63, 3.8) is 0 Å². The van der Waals surface area contributed by atoms with Gasteiger partial charge in [-0.05, 0) is 20.8 Å². The lowest BCUT2D eigenvalue weighted by Crippen LogP contribution is -2.44. The summed E-state index contributed by atoms with van der Waals surface area (Å²) in [5.74, 6) is 0. The van der Waals surface area contributed by atoms with E-state index in [9.17, 15) is 9.59 Å². The highest BCUT2D eigenvalue weighted by molar-refractivity contribution is 8.14. The summed E-state index contributed by atoms with van der Waals surface area (Å²) in [7, 11) is 0. The molecule has 1 saturated heterocycles. The first-order valence-electron chi connectivity index (χ1n) is 4.84. The van der Waals surface area contributed by atoms with Crippen LogP contribution in [0.2, 0.25) is 0 Å². The van der Waals surface area contributed by atoms with E-state index in [0.29, 0.717) is 11.7 Å². The number of carbonyl (C=O) groups is 2. The molecule has 1 N–H and O–H groups in total. The van der Waals surface area contributed by atoms with E-state index in [-0.39, 0.29) is 10.7 Å². The van der Waals surface area contributed by atoms with E-state index in [2.05, 4.69) is 10.1 Å². The van der Waals surface area contributed by atoms with Crippen molar-refractivity contribution in [3.05, 3.63) is 0 Å². The first-order valence-corrected chi connectivity index (χ1v) is 5.72. The minimum absolute atomic E-state index is 0.233. The van der Waals surface area contributed by atoms with Crippen molar-refractivity contribution in [1.82, 2.24) is 5.32 Å². The molecule has 1 fully saturated rings. The summed E-state index contributed by atoms with van der Waals surface area (Å²) in [6.07, 6.45) is 0. The second-order valence-corrected chi connectivity index (χ2v) is 5.69. The van der Waals surface area contributed by atoms with Crippen LogP contribution in [0.15, 0.2) is 0 Å². The highest BCUT2D eigenvalue weighted by Gasteiger charge is 2.18. The zero-order valence-electron chi connectivity index (χ0n) is 9.70. The number of ether oxygens (including phenoxy) is 1. The van der Waals surface area contributed by atoms with Gasteiger partial charge in [0.15, 0.2) is 5.12 Å². The van der Waals surface area contributed by atoms with E-state index in [1.807, 2.05) is 20.8 Å². The molecule has 0 spiro atoms. The Morgan fingerprint density at radius 2 is 2.00 bits per heavy atom. The molecular formula is C10H19NO3S. The smallest absolute Gasteiger partial charge is 0.293 e. The lowest BCUT2D eigenvalue weighted by atomic mass is 10.2. The maximum atomic E-state index is 10.4. The third-order valence-corrected chi connectivity index (χ3v) is 2.48. The maximum absolute atomic E-state index is 10.4. The molecule has 15 heavy (non-hydrogen) atoms. The predicted octanol–water partition coefficient (Wildman–Crippen LogP) is 1.20. The number of thioether (sulfide) groups is 1. The fraction of sp³-hybridized carbons (Fsp3) is 0.800. The van der Waals surface area contributed by atoms with Gasteiger partial charge in [-0.1, -0.05) is 11.8 Å². The molecular weight excluding hydrogens is 214 g/mol. The van der Waals surface area contributed by atoms with E-state index in [1.54, 1.807) is 6.92 Å². The molecule has 1 aliphatic rings. The fourth-order valence-electron chi connectivity index (χ4n) is 0.725. The largest absolute Gasteiger partial charge is 0.462 e. The Labute approximate surface area is 95.1 Å². The zero-order chi connectivity index (χ0) is 11.9. The Hall–Kier alpha value is -0.550. The predicted molar refractivity (Wildman–Crippen MR) is 61.8 cm³/mol. The van der Waals surface area contributed by atoms with Gasteiger partial charge in [-0.15, -0.1) is 0 Å². The molecule has 5 heteroatoms. The van der Waals surface area contributed by atoms with Gasteiger partial charge in [-0.3, -0.25) is 9.59 Å². The third kappa shape index (κ3) is 9.75. The van der Waals surface area contributed by atoms with Crippen LogP contribution < -0.4 is 5.32 Å². The van der Waals surface area contributed by atoms with Crippen LogP contribution in [-0.4, -0.2) is 35.5 Å². The zero-order valence-corrected chi connectivity index (χ0v) is 10.5. The van der Waals surface area contributed by atoms with Crippen LogP contribution in [0.25, 0.3) is 0 Å². The summed E-state index contributed by atoms with van der Waals surface area (Å²) >= 11 is 1.44. The molecule has 0 aromatic rings. The van der Waals surface area contributed by atoms with Crippen molar-refractivity contribution in [2.24, 2.45) is 0 Å². The van der Waals surface area contributed by atoms with Crippen molar-refractivity contribution >= 4 is 23.3 Å². The molecule has 0 aromatic carbocycles. The molecule has 1 aliphatic heterocycles. The Bertz CT molecular complexity index is 209. The average Bonchev–Trinajstić information content (AvgIpc) is 1.95. The fourth-order valence-corrected chi connectivity index (χ4v) is 1.60. The maximum Gasteiger partial charge on any atom is 0.293 e. The van der Waals surface area contributed by atoms with Gasteiger partial charge in [-0.25, -0.2) is 0 Å². The Morgan fingerprint density at radius 1 is 1.47 bits per heavy atom. The summed E-state index contributed by atoms with van der Waals surface area (Å²) in [6, 6.07) is 0. The van der Waals surface area contributed by atoms with E-state index < -0.39 is 0 Å². The number of hydrogen-bond donors (Lipinski definition) is 1. The summed E-state index contributed by atoms with van der Waals surface area (Å²) in [5, 5.41) is 3.89.